The summed E-state index contributed by atoms with van der Waals surface area (Å²) in [7, 11) is 0. The minimum Gasteiger partial charge on any atom is -0.374 e. The van der Waals surface area contributed by atoms with Crippen molar-refractivity contribution in [3.05, 3.63) is 11.0 Å². The molecule has 0 aromatic carbocycles. The standard InChI is InChI=1S/C8H15NOS/c1-3-9-8(10)7-5-4-6(2)11-7/h5-6,8-10H,3-4H2,1-2H3. The van der Waals surface area contributed by atoms with Crippen LogP contribution in [0.3, 0.4) is 0 Å². The van der Waals surface area contributed by atoms with E-state index in [-0.39, 0.29) is 0 Å². The van der Waals surface area contributed by atoms with Gasteiger partial charge in [-0.15, -0.1) is 11.8 Å². The lowest BCUT2D eigenvalue weighted by Gasteiger charge is -2.12. The molecular weight excluding hydrogens is 158 g/mol. The number of aliphatic hydroxyl groups is 1. The van der Waals surface area contributed by atoms with Crippen LogP contribution in [-0.4, -0.2) is 23.1 Å². The highest BCUT2D eigenvalue weighted by Crippen LogP contribution is 2.32. The van der Waals surface area contributed by atoms with E-state index in [4.69, 9.17) is 0 Å². The molecule has 0 aromatic heterocycles. The monoisotopic (exact) mass is 173 g/mol. The maximum atomic E-state index is 9.47. The first-order chi connectivity index (χ1) is 5.24. The molecule has 1 aliphatic heterocycles. The van der Waals surface area contributed by atoms with E-state index in [1.165, 1.54) is 0 Å². The molecule has 2 unspecified atom stereocenters. The summed E-state index contributed by atoms with van der Waals surface area (Å²) in [5.74, 6) is 0. The van der Waals surface area contributed by atoms with Crippen molar-refractivity contribution in [2.45, 2.75) is 31.7 Å². The van der Waals surface area contributed by atoms with Crippen molar-refractivity contribution in [1.29, 1.82) is 0 Å². The molecule has 0 saturated carbocycles. The third-order valence-corrected chi connectivity index (χ3v) is 2.91. The minimum atomic E-state index is -0.435. The number of allylic oxidation sites excluding steroid dienone is 1. The highest BCUT2D eigenvalue weighted by molar-refractivity contribution is 8.03. The highest BCUT2D eigenvalue weighted by atomic mass is 32.2. The van der Waals surface area contributed by atoms with E-state index < -0.39 is 6.23 Å². The average molecular weight is 173 g/mol. The van der Waals surface area contributed by atoms with E-state index in [1.807, 2.05) is 6.92 Å². The van der Waals surface area contributed by atoms with Gasteiger partial charge < -0.3 is 5.11 Å². The quantitative estimate of drug-likeness (QED) is 0.631. The first kappa shape index (κ1) is 9.10. The molecule has 0 fully saturated rings. The largest absolute Gasteiger partial charge is 0.374 e. The SMILES string of the molecule is CCNC(O)C1=CCC(C)S1. The fraction of sp³-hybridized carbons (Fsp3) is 0.750. The normalized spacial score (nSPS) is 26.8. The van der Waals surface area contributed by atoms with Gasteiger partial charge in [0.1, 0.15) is 6.23 Å². The van der Waals surface area contributed by atoms with Gasteiger partial charge in [-0.1, -0.05) is 19.9 Å². The Balaban J connectivity index is 2.36. The van der Waals surface area contributed by atoms with Crippen molar-refractivity contribution in [3.8, 4) is 0 Å². The Kier molecular flexibility index (Phi) is 3.43. The van der Waals surface area contributed by atoms with Crippen LogP contribution >= 0.6 is 11.8 Å². The molecule has 0 spiro atoms. The van der Waals surface area contributed by atoms with E-state index >= 15 is 0 Å². The summed E-state index contributed by atoms with van der Waals surface area (Å²) in [6.07, 6.45) is 2.76. The number of nitrogens with one attached hydrogen (secondary N) is 1. The molecule has 0 saturated heterocycles. The molecule has 1 rings (SSSR count). The van der Waals surface area contributed by atoms with Crippen LogP contribution in [0, 0.1) is 0 Å². The van der Waals surface area contributed by atoms with Gasteiger partial charge in [-0.05, 0) is 13.0 Å². The Labute approximate surface area is 72.1 Å². The van der Waals surface area contributed by atoms with Crippen LogP contribution in [0.15, 0.2) is 11.0 Å². The van der Waals surface area contributed by atoms with Gasteiger partial charge in [0.2, 0.25) is 0 Å². The van der Waals surface area contributed by atoms with Crippen molar-refractivity contribution < 1.29 is 5.11 Å². The highest BCUT2D eigenvalue weighted by Gasteiger charge is 2.18. The lowest BCUT2D eigenvalue weighted by molar-refractivity contribution is 0.184. The lowest BCUT2D eigenvalue weighted by atomic mass is 10.3. The summed E-state index contributed by atoms with van der Waals surface area (Å²) >= 11 is 1.76. The average Bonchev–Trinajstić information content (AvgIpc) is 2.36. The Morgan fingerprint density at radius 1 is 1.91 bits per heavy atom. The number of thioether (sulfide) groups is 1. The number of rotatable bonds is 3. The van der Waals surface area contributed by atoms with Gasteiger partial charge in [-0.2, -0.15) is 0 Å². The first-order valence-electron chi connectivity index (χ1n) is 4.02. The molecule has 0 radical (unpaired) electrons. The molecule has 2 N–H and O–H groups in total. The molecule has 1 heterocycles. The molecule has 0 amide bonds. The van der Waals surface area contributed by atoms with Crippen molar-refractivity contribution in [2.75, 3.05) is 6.54 Å². The molecule has 2 nitrogen and oxygen atoms in total. The molecule has 1 aliphatic rings. The smallest absolute Gasteiger partial charge is 0.136 e. The van der Waals surface area contributed by atoms with Gasteiger partial charge in [-0.3, -0.25) is 5.32 Å². The number of hydrogen-bond donors (Lipinski definition) is 2. The summed E-state index contributed by atoms with van der Waals surface area (Å²) in [6.45, 7) is 4.98. The Morgan fingerprint density at radius 3 is 3.09 bits per heavy atom. The Bertz CT molecular complexity index is 158. The first-order valence-corrected chi connectivity index (χ1v) is 4.90. The van der Waals surface area contributed by atoms with Crippen LogP contribution in [0.5, 0.6) is 0 Å². The van der Waals surface area contributed by atoms with E-state index in [2.05, 4.69) is 18.3 Å². The molecule has 2 atom stereocenters. The fourth-order valence-electron chi connectivity index (χ4n) is 1.08. The van der Waals surface area contributed by atoms with Crippen LogP contribution in [0.25, 0.3) is 0 Å². The van der Waals surface area contributed by atoms with Crippen molar-refractivity contribution in [3.63, 3.8) is 0 Å². The van der Waals surface area contributed by atoms with Gasteiger partial charge >= 0.3 is 0 Å². The van der Waals surface area contributed by atoms with Gasteiger partial charge in [0.15, 0.2) is 0 Å². The topological polar surface area (TPSA) is 32.3 Å². The van der Waals surface area contributed by atoms with Crippen LogP contribution in [0.4, 0.5) is 0 Å². The summed E-state index contributed by atoms with van der Waals surface area (Å²) in [5.41, 5.74) is 0. The van der Waals surface area contributed by atoms with Crippen LogP contribution in [0.2, 0.25) is 0 Å². The van der Waals surface area contributed by atoms with Crippen molar-refractivity contribution in [1.82, 2.24) is 5.32 Å². The van der Waals surface area contributed by atoms with E-state index in [0.29, 0.717) is 5.25 Å². The zero-order chi connectivity index (χ0) is 8.27. The molecule has 11 heavy (non-hydrogen) atoms. The minimum absolute atomic E-state index is 0.435. The predicted molar refractivity (Wildman–Crippen MR) is 49.4 cm³/mol. The fourth-order valence-corrected chi connectivity index (χ4v) is 2.14. The third-order valence-electron chi connectivity index (χ3n) is 1.66. The third kappa shape index (κ3) is 2.51. The zero-order valence-electron chi connectivity index (χ0n) is 7.00. The second-order valence-corrected chi connectivity index (χ2v) is 4.24. The maximum Gasteiger partial charge on any atom is 0.136 e. The Hall–Kier alpha value is 0.01000. The zero-order valence-corrected chi connectivity index (χ0v) is 7.82. The van der Waals surface area contributed by atoms with E-state index in [9.17, 15) is 5.11 Å². The molecule has 0 bridgehead atoms. The summed E-state index contributed by atoms with van der Waals surface area (Å²) in [6, 6.07) is 0. The van der Waals surface area contributed by atoms with Crippen molar-refractivity contribution in [2.24, 2.45) is 0 Å². The van der Waals surface area contributed by atoms with Gasteiger partial charge in [0, 0.05) is 10.2 Å². The van der Waals surface area contributed by atoms with Gasteiger partial charge in [-0.25, -0.2) is 0 Å². The molecule has 3 heteroatoms. The van der Waals surface area contributed by atoms with E-state index in [1.54, 1.807) is 11.8 Å². The summed E-state index contributed by atoms with van der Waals surface area (Å²) in [5, 5.41) is 13.1. The van der Waals surface area contributed by atoms with Gasteiger partial charge in [0.25, 0.3) is 0 Å². The second kappa shape index (κ2) is 4.14. The van der Waals surface area contributed by atoms with Crippen LogP contribution in [-0.2, 0) is 0 Å². The Morgan fingerprint density at radius 2 is 2.64 bits per heavy atom. The van der Waals surface area contributed by atoms with Gasteiger partial charge in [0.05, 0.1) is 0 Å². The lowest BCUT2D eigenvalue weighted by Crippen LogP contribution is -2.28. The second-order valence-electron chi connectivity index (χ2n) is 2.73. The number of likely N-dealkylation sites (N-methyl/N-ethyl adjacent to an activating group) is 1. The maximum absolute atomic E-state index is 9.47. The van der Waals surface area contributed by atoms with Crippen LogP contribution < -0.4 is 5.32 Å². The molecule has 0 aromatic rings. The summed E-state index contributed by atoms with van der Waals surface area (Å²) < 4.78 is 0. The molecular formula is C8H15NOS. The molecule has 64 valence electrons. The van der Waals surface area contributed by atoms with Crippen LogP contribution in [0.1, 0.15) is 20.3 Å². The number of aliphatic hydroxyl groups excluding tert-OH is 1. The number of hydrogen-bond acceptors (Lipinski definition) is 3. The van der Waals surface area contributed by atoms with E-state index in [0.717, 1.165) is 17.9 Å². The van der Waals surface area contributed by atoms with Crippen molar-refractivity contribution >= 4 is 11.8 Å². The molecule has 0 aliphatic carbocycles. The predicted octanol–water partition coefficient (Wildman–Crippen LogP) is 1.32. The summed E-state index contributed by atoms with van der Waals surface area (Å²) in [4.78, 5) is 1.08.